The molecular formula is C13H20N2O. The molecule has 88 valence electrons. The molecule has 1 aromatic heterocycles. The number of aromatic nitrogens is 1. The summed E-state index contributed by atoms with van der Waals surface area (Å²) in [5.74, 6) is 0.515. The summed E-state index contributed by atoms with van der Waals surface area (Å²) in [5, 5.41) is 9.07. The molecule has 2 heterocycles. The van der Waals surface area contributed by atoms with Gasteiger partial charge in [-0.3, -0.25) is 9.88 Å². The SMILES string of the molecule is Cc1cccc(CN2CCC(CO)CC2)n1. The van der Waals surface area contributed by atoms with Crippen molar-refractivity contribution >= 4 is 0 Å². The largest absolute Gasteiger partial charge is 0.396 e. The molecule has 1 aliphatic heterocycles. The zero-order valence-corrected chi connectivity index (χ0v) is 9.89. The van der Waals surface area contributed by atoms with E-state index in [1.807, 2.05) is 13.0 Å². The maximum Gasteiger partial charge on any atom is 0.0547 e. The summed E-state index contributed by atoms with van der Waals surface area (Å²) in [6.45, 7) is 5.49. The number of hydrogen-bond donors (Lipinski definition) is 1. The Bertz CT molecular complexity index is 332. The van der Waals surface area contributed by atoms with Crippen LogP contribution in [-0.4, -0.2) is 34.7 Å². The van der Waals surface area contributed by atoms with E-state index in [-0.39, 0.29) is 0 Å². The number of piperidine rings is 1. The van der Waals surface area contributed by atoms with E-state index in [2.05, 4.69) is 22.0 Å². The minimum Gasteiger partial charge on any atom is -0.396 e. The van der Waals surface area contributed by atoms with E-state index in [0.29, 0.717) is 12.5 Å². The van der Waals surface area contributed by atoms with Gasteiger partial charge >= 0.3 is 0 Å². The van der Waals surface area contributed by atoms with E-state index in [0.717, 1.165) is 43.9 Å². The van der Waals surface area contributed by atoms with E-state index in [1.54, 1.807) is 0 Å². The van der Waals surface area contributed by atoms with Gasteiger partial charge in [0.2, 0.25) is 0 Å². The second kappa shape index (κ2) is 5.41. The highest BCUT2D eigenvalue weighted by Gasteiger charge is 2.18. The summed E-state index contributed by atoms with van der Waals surface area (Å²) in [6.07, 6.45) is 2.23. The molecule has 0 bridgehead atoms. The summed E-state index contributed by atoms with van der Waals surface area (Å²) in [4.78, 5) is 6.94. The first-order valence-corrected chi connectivity index (χ1v) is 6.03. The zero-order chi connectivity index (χ0) is 11.4. The quantitative estimate of drug-likeness (QED) is 0.840. The van der Waals surface area contributed by atoms with Crippen molar-refractivity contribution in [1.82, 2.24) is 9.88 Å². The number of likely N-dealkylation sites (tertiary alicyclic amines) is 1. The van der Waals surface area contributed by atoms with E-state index < -0.39 is 0 Å². The maximum absolute atomic E-state index is 9.07. The minimum atomic E-state index is 0.344. The Kier molecular flexibility index (Phi) is 3.91. The van der Waals surface area contributed by atoms with Crippen LogP contribution in [0.4, 0.5) is 0 Å². The third kappa shape index (κ3) is 3.03. The summed E-state index contributed by atoms with van der Waals surface area (Å²) in [5.41, 5.74) is 2.24. The number of nitrogens with zero attached hydrogens (tertiary/aromatic N) is 2. The average molecular weight is 220 g/mol. The Morgan fingerprint density at radius 1 is 1.38 bits per heavy atom. The zero-order valence-electron chi connectivity index (χ0n) is 9.89. The first-order valence-electron chi connectivity index (χ1n) is 6.03. The molecule has 2 rings (SSSR count). The van der Waals surface area contributed by atoms with Gasteiger partial charge in [0.15, 0.2) is 0 Å². The Morgan fingerprint density at radius 3 is 2.75 bits per heavy atom. The van der Waals surface area contributed by atoms with Crippen molar-refractivity contribution in [2.75, 3.05) is 19.7 Å². The Morgan fingerprint density at radius 2 is 2.12 bits per heavy atom. The first-order chi connectivity index (χ1) is 7.78. The molecule has 0 spiro atoms. The highest BCUT2D eigenvalue weighted by Crippen LogP contribution is 2.17. The lowest BCUT2D eigenvalue weighted by atomic mass is 9.98. The van der Waals surface area contributed by atoms with Crippen molar-refractivity contribution in [3.05, 3.63) is 29.6 Å². The van der Waals surface area contributed by atoms with Crippen molar-refractivity contribution in [1.29, 1.82) is 0 Å². The van der Waals surface area contributed by atoms with Crippen molar-refractivity contribution in [2.24, 2.45) is 5.92 Å². The third-order valence-electron chi connectivity index (χ3n) is 3.30. The van der Waals surface area contributed by atoms with E-state index >= 15 is 0 Å². The highest BCUT2D eigenvalue weighted by atomic mass is 16.3. The molecule has 16 heavy (non-hydrogen) atoms. The lowest BCUT2D eigenvalue weighted by molar-refractivity contribution is 0.126. The number of aliphatic hydroxyl groups excluding tert-OH is 1. The van der Waals surface area contributed by atoms with Crippen molar-refractivity contribution < 1.29 is 5.11 Å². The van der Waals surface area contributed by atoms with Gasteiger partial charge in [-0.05, 0) is 50.9 Å². The lowest BCUT2D eigenvalue weighted by Crippen LogP contribution is -2.34. The lowest BCUT2D eigenvalue weighted by Gasteiger charge is -2.30. The predicted octanol–water partition coefficient (Wildman–Crippen LogP) is 1.59. The standard InChI is InChI=1S/C13H20N2O/c1-11-3-2-4-13(14-11)9-15-7-5-12(10-16)6-8-15/h2-4,12,16H,5-10H2,1H3. The van der Waals surface area contributed by atoms with E-state index in [1.165, 1.54) is 0 Å². The summed E-state index contributed by atoms with van der Waals surface area (Å²) in [6, 6.07) is 6.19. The van der Waals surface area contributed by atoms with Crippen molar-refractivity contribution in [3.63, 3.8) is 0 Å². The average Bonchev–Trinajstić information content (AvgIpc) is 2.30. The number of pyridine rings is 1. The van der Waals surface area contributed by atoms with Gasteiger partial charge in [-0.2, -0.15) is 0 Å². The molecule has 0 aromatic carbocycles. The fourth-order valence-corrected chi connectivity index (χ4v) is 2.24. The molecule has 1 N–H and O–H groups in total. The van der Waals surface area contributed by atoms with Crippen LogP contribution in [0, 0.1) is 12.8 Å². The molecule has 0 aliphatic carbocycles. The van der Waals surface area contributed by atoms with Gasteiger partial charge in [-0.25, -0.2) is 0 Å². The van der Waals surface area contributed by atoms with Crippen molar-refractivity contribution in [2.45, 2.75) is 26.3 Å². The maximum atomic E-state index is 9.07. The molecule has 1 aromatic rings. The van der Waals surface area contributed by atoms with E-state index in [9.17, 15) is 0 Å². The fourth-order valence-electron chi connectivity index (χ4n) is 2.24. The van der Waals surface area contributed by atoms with Crippen LogP contribution in [0.25, 0.3) is 0 Å². The Balaban J connectivity index is 1.87. The molecule has 3 nitrogen and oxygen atoms in total. The van der Waals surface area contributed by atoms with Gasteiger partial charge < -0.3 is 5.11 Å². The summed E-state index contributed by atoms with van der Waals surface area (Å²) in [7, 11) is 0. The number of rotatable bonds is 3. The second-order valence-corrected chi connectivity index (χ2v) is 4.67. The smallest absolute Gasteiger partial charge is 0.0547 e. The number of aryl methyl sites for hydroxylation is 1. The predicted molar refractivity (Wildman–Crippen MR) is 64.1 cm³/mol. The van der Waals surface area contributed by atoms with Crippen LogP contribution in [0.2, 0.25) is 0 Å². The fraction of sp³-hybridized carbons (Fsp3) is 0.615. The van der Waals surface area contributed by atoms with Crippen LogP contribution in [0.3, 0.4) is 0 Å². The van der Waals surface area contributed by atoms with Gasteiger partial charge in [0.05, 0.1) is 5.69 Å². The minimum absolute atomic E-state index is 0.344. The van der Waals surface area contributed by atoms with Crippen LogP contribution < -0.4 is 0 Å². The third-order valence-corrected chi connectivity index (χ3v) is 3.30. The Hall–Kier alpha value is -0.930. The molecule has 0 atom stereocenters. The van der Waals surface area contributed by atoms with Gasteiger partial charge in [-0.1, -0.05) is 6.07 Å². The first kappa shape index (κ1) is 11.6. The second-order valence-electron chi connectivity index (χ2n) is 4.67. The molecule has 3 heteroatoms. The van der Waals surface area contributed by atoms with Gasteiger partial charge in [0.1, 0.15) is 0 Å². The summed E-state index contributed by atoms with van der Waals surface area (Å²) < 4.78 is 0. The van der Waals surface area contributed by atoms with Crippen LogP contribution in [-0.2, 0) is 6.54 Å². The molecule has 0 unspecified atom stereocenters. The van der Waals surface area contributed by atoms with E-state index in [4.69, 9.17) is 5.11 Å². The molecule has 1 saturated heterocycles. The van der Waals surface area contributed by atoms with Crippen LogP contribution in [0.1, 0.15) is 24.2 Å². The monoisotopic (exact) mass is 220 g/mol. The molecule has 0 amide bonds. The Labute approximate surface area is 97.1 Å². The highest BCUT2D eigenvalue weighted by molar-refractivity contribution is 5.09. The van der Waals surface area contributed by atoms with Gasteiger partial charge in [0.25, 0.3) is 0 Å². The normalized spacial score (nSPS) is 18.9. The molecule has 1 fully saturated rings. The van der Waals surface area contributed by atoms with Crippen LogP contribution in [0.15, 0.2) is 18.2 Å². The number of hydrogen-bond acceptors (Lipinski definition) is 3. The van der Waals surface area contributed by atoms with Crippen LogP contribution in [0.5, 0.6) is 0 Å². The summed E-state index contributed by atoms with van der Waals surface area (Å²) >= 11 is 0. The molecule has 0 saturated carbocycles. The van der Waals surface area contributed by atoms with Crippen molar-refractivity contribution in [3.8, 4) is 0 Å². The molecule has 0 radical (unpaired) electrons. The molecule has 1 aliphatic rings. The molecular weight excluding hydrogens is 200 g/mol. The van der Waals surface area contributed by atoms with Crippen LogP contribution >= 0.6 is 0 Å². The van der Waals surface area contributed by atoms with Gasteiger partial charge in [0, 0.05) is 18.8 Å². The topological polar surface area (TPSA) is 36.4 Å². The van der Waals surface area contributed by atoms with Gasteiger partial charge in [-0.15, -0.1) is 0 Å². The number of aliphatic hydroxyl groups is 1.